The molecule has 1 aliphatic rings. The Morgan fingerprint density at radius 1 is 1.40 bits per heavy atom. The highest BCUT2D eigenvalue weighted by Crippen LogP contribution is 2.08. The van der Waals surface area contributed by atoms with Crippen LogP contribution in [0, 0.1) is 0 Å². The predicted molar refractivity (Wildman–Crippen MR) is 78.8 cm³/mol. The van der Waals surface area contributed by atoms with E-state index in [1.807, 2.05) is 0 Å². The molecule has 0 aliphatic carbocycles. The van der Waals surface area contributed by atoms with E-state index in [1.165, 1.54) is 10.6 Å². The fourth-order valence-electron chi connectivity index (χ4n) is 2.11. The second-order valence-corrected chi connectivity index (χ2v) is 5.17. The lowest BCUT2D eigenvalue weighted by atomic mass is 10.4. The van der Waals surface area contributed by atoms with Crippen molar-refractivity contribution in [3.8, 4) is 5.75 Å². The summed E-state index contributed by atoms with van der Waals surface area (Å²) in [6.45, 7) is 1.57. The van der Waals surface area contributed by atoms with Gasteiger partial charge >= 0.3 is 0 Å². The predicted octanol–water partition coefficient (Wildman–Crippen LogP) is 0.136. The Bertz CT molecular complexity index is 564. The van der Waals surface area contributed by atoms with Gasteiger partial charge in [0, 0.05) is 19.3 Å². The van der Waals surface area contributed by atoms with Gasteiger partial charge in [-0.2, -0.15) is 0 Å². The number of aromatic nitrogens is 1. The van der Waals surface area contributed by atoms with E-state index in [1.54, 1.807) is 17.2 Å². The van der Waals surface area contributed by atoms with Gasteiger partial charge in [-0.05, 0) is 25.0 Å². The van der Waals surface area contributed by atoms with Crippen molar-refractivity contribution in [2.24, 2.45) is 5.73 Å². The molecule has 0 aromatic carbocycles. The first-order chi connectivity index (χ1) is 9.58. The maximum atomic E-state index is 12.0. The molecule has 1 amide bonds. The van der Waals surface area contributed by atoms with Crippen molar-refractivity contribution in [3.63, 3.8) is 0 Å². The van der Waals surface area contributed by atoms with Crippen LogP contribution in [0.5, 0.6) is 5.75 Å². The van der Waals surface area contributed by atoms with Gasteiger partial charge in [0.2, 0.25) is 0 Å². The van der Waals surface area contributed by atoms with E-state index in [-0.39, 0.29) is 35.4 Å². The number of thiocarbonyl (C=S) groups is 1. The molecule has 0 saturated carbocycles. The average molecular weight is 295 g/mol. The minimum atomic E-state index is -0.338. The van der Waals surface area contributed by atoms with E-state index in [0.29, 0.717) is 0 Å². The molecule has 1 saturated heterocycles. The lowest BCUT2D eigenvalue weighted by Crippen LogP contribution is -2.33. The van der Waals surface area contributed by atoms with Gasteiger partial charge in [-0.1, -0.05) is 12.2 Å². The molecule has 6 nitrogen and oxygen atoms in total. The van der Waals surface area contributed by atoms with Crippen molar-refractivity contribution in [1.82, 2.24) is 9.47 Å². The molecule has 2 N–H and O–H groups in total. The van der Waals surface area contributed by atoms with Crippen molar-refractivity contribution in [2.45, 2.75) is 19.4 Å². The van der Waals surface area contributed by atoms with E-state index < -0.39 is 0 Å². The molecule has 1 fully saturated rings. The Labute approximate surface area is 122 Å². The second-order valence-electron chi connectivity index (χ2n) is 4.65. The van der Waals surface area contributed by atoms with Crippen LogP contribution in [-0.4, -0.2) is 40.1 Å². The highest BCUT2D eigenvalue weighted by molar-refractivity contribution is 7.80. The van der Waals surface area contributed by atoms with Gasteiger partial charge < -0.3 is 19.9 Å². The fraction of sp³-hybridized carbons (Fsp3) is 0.462. The van der Waals surface area contributed by atoms with Gasteiger partial charge in [0.05, 0.1) is 11.5 Å². The Morgan fingerprint density at radius 3 is 2.75 bits per heavy atom. The number of hydrogen-bond donors (Lipinski definition) is 1. The summed E-state index contributed by atoms with van der Waals surface area (Å²) < 4.78 is 6.68. The van der Waals surface area contributed by atoms with Gasteiger partial charge in [0.1, 0.15) is 0 Å². The molecule has 0 unspecified atom stereocenters. The summed E-state index contributed by atoms with van der Waals surface area (Å²) in [5, 5.41) is 0. The molecule has 2 rings (SSSR count). The molecule has 0 bridgehead atoms. The van der Waals surface area contributed by atoms with Gasteiger partial charge in [0.25, 0.3) is 11.5 Å². The molecule has 0 atom stereocenters. The van der Waals surface area contributed by atoms with Crippen LogP contribution in [-0.2, 0) is 11.3 Å². The van der Waals surface area contributed by atoms with E-state index in [9.17, 15) is 9.59 Å². The molecule has 1 aromatic heterocycles. The van der Waals surface area contributed by atoms with Gasteiger partial charge in [-0.3, -0.25) is 9.59 Å². The third-order valence-corrected chi connectivity index (χ3v) is 3.25. The summed E-state index contributed by atoms with van der Waals surface area (Å²) >= 11 is 4.78. The van der Waals surface area contributed by atoms with Crippen LogP contribution in [0.4, 0.5) is 0 Å². The Balaban J connectivity index is 2.00. The normalized spacial score (nSPS) is 14.3. The minimum Gasteiger partial charge on any atom is -0.478 e. The summed E-state index contributed by atoms with van der Waals surface area (Å²) in [7, 11) is 0. The van der Waals surface area contributed by atoms with E-state index >= 15 is 0 Å². The summed E-state index contributed by atoms with van der Waals surface area (Å²) in [4.78, 5) is 25.8. The highest BCUT2D eigenvalue weighted by atomic mass is 32.1. The average Bonchev–Trinajstić information content (AvgIpc) is 2.93. The molecule has 0 spiro atoms. The van der Waals surface area contributed by atoms with Crippen molar-refractivity contribution in [3.05, 3.63) is 28.7 Å². The zero-order chi connectivity index (χ0) is 14.5. The number of ether oxygens (including phenoxy) is 1. The first-order valence-electron chi connectivity index (χ1n) is 6.46. The zero-order valence-electron chi connectivity index (χ0n) is 11.1. The van der Waals surface area contributed by atoms with E-state index in [0.717, 1.165) is 25.9 Å². The summed E-state index contributed by atoms with van der Waals surface area (Å²) in [5.74, 6) is 0.0444. The fourth-order valence-corrected chi connectivity index (χ4v) is 2.25. The van der Waals surface area contributed by atoms with Gasteiger partial charge in [-0.25, -0.2) is 0 Å². The first-order valence-corrected chi connectivity index (χ1v) is 6.87. The lowest BCUT2D eigenvalue weighted by molar-refractivity contribution is -0.132. The number of pyridine rings is 1. The van der Waals surface area contributed by atoms with E-state index in [4.69, 9.17) is 22.7 Å². The van der Waals surface area contributed by atoms with Crippen molar-refractivity contribution < 1.29 is 9.53 Å². The Kier molecular flexibility index (Phi) is 4.73. The molecule has 0 radical (unpaired) electrons. The number of nitrogens with zero attached hydrogens (tertiary/aromatic N) is 2. The van der Waals surface area contributed by atoms with Crippen LogP contribution in [0.3, 0.4) is 0 Å². The Morgan fingerprint density at radius 2 is 2.10 bits per heavy atom. The molecule has 1 aromatic rings. The van der Waals surface area contributed by atoms with Crippen LogP contribution in [0.2, 0.25) is 0 Å². The summed E-state index contributed by atoms with van der Waals surface area (Å²) in [6.07, 6.45) is 3.63. The maximum Gasteiger partial charge on any atom is 0.293 e. The zero-order valence-corrected chi connectivity index (χ0v) is 11.9. The topological polar surface area (TPSA) is 77.6 Å². The molecule has 108 valence electrons. The third-order valence-electron chi connectivity index (χ3n) is 3.12. The number of carbonyl (C=O) groups is 1. The highest BCUT2D eigenvalue weighted by Gasteiger charge is 2.18. The summed E-state index contributed by atoms with van der Waals surface area (Å²) in [5.41, 5.74) is 5.08. The number of rotatable bonds is 5. The van der Waals surface area contributed by atoms with Crippen molar-refractivity contribution >= 4 is 23.1 Å². The number of carbonyl (C=O) groups excluding carboxylic acids is 1. The van der Waals surface area contributed by atoms with Crippen LogP contribution in [0.1, 0.15) is 12.8 Å². The van der Waals surface area contributed by atoms with Crippen LogP contribution in [0.15, 0.2) is 23.1 Å². The second kappa shape index (κ2) is 6.51. The lowest BCUT2D eigenvalue weighted by Gasteiger charge is -2.15. The monoisotopic (exact) mass is 295 g/mol. The quantitative estimate of drug-likeness (QED) is 0.782. The standard InChI is InChI=1S/C13H17N3O3S/c14-11(20)8-16-7-3-4-10(13(16)18)19-9-12(17)15-5-1-2-6-15/h3-4,7H,1-2,5-6,8-9H2,(H2,14,20). The van der Waals surface area contributed by atoms with Crippen LogP contribution >= 0.6 is 12.2 Å². The molecule has 1 aliphatic heterocycles. The van der Waals surface area contributed by atoms with E-state index in [2.05, 4.69) is 0 Å². The largest absolute Gasteiger partial charge is 0.478 e. The summed E-state index contributed by atoms with van der Waals surface area (Å²) in [6, 6.07) is 3.20. The smallest absolute Gasteiger partial charge is 0.293 e. The van der Waals surface area contributed by atoms with Gasteiger partial charge in [-0.15, -0.1) is 0 Å². The molecule has 7 heteroatoms. The maximum absolute atomic E-state index is 12.0. The number of likely N-dealkylation sites (tertiary alicyclic amines) is 1. The SMILES string of the molecule is NC(=S)Cn1cccc(OCC(=O)N2CCCC2)c1=O. The first kappa shape index (κ1) is 14.5. The minimum absolute atomic E-state index is 0.0911. The number of nitrogens with two attached hydrogens (primary N) is 1. The molecular weight excluding hydrogens is 278 g/mol. The number of amides is 1. The number of hydrogen-bond acceptors (Lipinski definition) is 4. The third kappa shape index (κ3) is 3.57. The van der Waals surface area contributed by atoms with Gasteiger partial charge in [0.15, 0.2) is 12.4 Å². The molecular formula is C13H17N3O3S. The van der Waals surface area contributed by atoms with Crippen LogP contribution in [0.25, 0.3) is 0 Å². The molecule has 2 heterocycles. The van der Waals surface area contributed by atoms with Crippen molar-refractivity contribution in [1.29, 1.82) is 0 Å². The molecule has 20 heavy (non-hydrogen) atoms. The van der Waals surface area contributed by atoms with Crippen molar-refractivity contribution in [2.75, 3.05) is 19.7 Å². The Hall–Kier alpha value is -1.89. The van der Waals surface area contributed by atoms with Crippen LogP contribution < -0.4 is 16.0 Å².